The van der Waals surface area contributed by atoms with Gasteiger partial charge in [-0.05, 0) is 47.9 Å². The molecule has 1 aromatic heterocycles. The average Bonchev–Trinajstić information content (AvgIpc) is 2.40. The van der Waals surface area contributed by atoms with E-state index in [2.05, 4.69) is 71.9 Å². The first-order valence-corrected chi connectivity index (χ1v) is 7.90. The molecule has 1 heterocycles. The van der Waals surface area contributed by atoms with E-state index >= 15 is 0 Å². The van der Waals surface area contributed by atoms with Crippen LogP contribution in [0.15, 0.2) is 24.3 Å². The Bertz CT molecular complexity index is 609. The van der Waals surface area contributed by atoms with Crippen LogP contribution in [0.25, 0.3) is 11.4 Å². The zero-order valence-electron chi connectivity index (χ0n) is 12.4. The molecule has 2 aromatic rings. The number of rotatable bonds is 4. The summed E-state index contributed by atoms with van der Waals surface area (Å²) < 4.78 is 1.12. The van der Waals surface area contributed by atoms with Gasteiger partial charge in [0.15, 0.2) is 5.82 Å². The van der Waals surface area contributed by atoms with Gasteiger partial charge in [0, 0.05) is 12.6 Å². The smallest absolute Gasteiger partial charge is 0.161 e. The topological polar surface area (TPSA) is 37.8 Å². The number of aryl methyl sites for hydroxylation is 1. The summed E-state index contributed by atoms with van der Waals surface area (Å²) >= 11 is 2.33. The van der Waals surface area contributed by atoms with E-state index in [9.17, 15) is 0 Å². The van der Waals surface area contributed by atoms with E-state index in [0.29, 0.717) is 5.92 Å². The van der Waals surface area contributed by atoms with Crippen LogP contribution in [-0.2, 0) is 6.42 Å². The van der Waals surface area contributed by atoms with Crippen molar-refractivity contribution >= 4 is 28.4 Å². The SMILES string of the molecule is CNc1nc(-c2cccc(C)c2)nc(CC(C)C)c1I. The lowest BCUT2D eigenvalue weighted by Gasteiger charge is -2.13. The van der Waals surface area contributed by atoms with Gasteiger partial charge in [0.05, 0.1) is 9.26 Å². The molecule has 0 saturated carbocycles. The molecule has 0 bridgehead atoms. The first-order valence-electron chi connectivity index (χ1n) is 6.82. The molecule has 3 nitrogen and oxygen atoms in total. The van der Waals surface area contributed by atoms with Gasteiger partial charge in [0.2, 0.25) is 0 Å². The third kappa shape index (κ3) is 3.48. The van der Waals surface area contributed by atoms with Crippen molar-refractivity contribution in [3.05, 3.63) is 39.1 Å². The van der Waals surface area contributed by atoms with Crippen LogP contribution in [-0.4, -0.2) is 17.0 Å². The summed E-state index contributed by atoms with van der Waals surface area (Å²) in [6.45, 7) is 6.51. The minimum atomic E-state index is 0.577. The molecule has 1 aromatic carbocycles. The fourth-order valence-corrected chi connectivity index (χ4v) is 2.83. The van der Waals surface area contributed by atoms with Crippen molar-refractivity contribution in [3.63, 3.8) is 0 Å². The fraction of sp³-hybridized carbons (Fsp3) is 0.375. The molecule has 0 unspecified atom stereocenters. The van der Waals surface area contributed by atoms with E-state index in [1.807, 2.05) is 13.1 Å². The standard InChI is InChI=1S/C16H20IN3/c1-10(2)8-13-14(17)16(18-4)20-15(19-13)12-7-5-6-11(3)9-12/h5-7,9-10H,8H2,1-4H3,(H,18,19,20). The molecule has 0 aliphatic heterocycles. The molecule has 0 saturated heterocycles. The summed E-state index contributed by atoms with van der Waals surface area (Å²) in [5, 5.41) is 3.18. The number of aromatic nitrogens is 2. The van der Waals surface area contributed by atoms with Crippen molar-refractivity contribution in [2.45, 2.75) is 27.2 Å². The Labute approximate surface area is 134 Å². The number of nitrogens with zero attached hydrogens (tertiary/aromatic N) is 2. The Morgan fingerprint density at radius 2 is 2.00 bits per heavy atom. The minimum absolute atomic E-state index is 0.577. The molecule has 0 aliphatic carbocycles. The van der Waals surface area contributed by atoms with E-state index in [4.69, 9.17) is 4.98 Å². The lowest BCUT2D eigenvalue weighted by atomic mass is 10.1. The quantitative estimate of drug-likeness (QED) is 0.803. The molecule has 1 N–H and O–H groups in total. The van der Waals surface area contributed by atoms with Gasteiger partial charge in [-0.15, -0.1) is 0 Å². The Kier molecular flexibility index (Phi) is 4.96. The monoisotopic (exact) mass is 381 g/mol. The second-order valence-corrected chi connectivity index (χ2v) is 6.45. The van der Waals surface area contributed by atoms with Gasteiger partial charge in [-0.1, -0.05) is 37.6 Å². The molecule has 4 heteroatoms. The first kappa shape index (κ1) is 15.2. The highest BCUT2D eigenvalue weighted by atomic mass is 127. The zero-order chi connectivity index (χ0) is 14.7. The molecule has 0 radical (unpaired) electrons. The van der Waals surface area contributed by atoms with Crippen molar-refractivity contribution in [1.82, 2.24) is 9.97 Å². The lowest BCUT2D eigenvalue weighted by molar-refractivity contribution is 0.632. The maximum atomic E-state index is 4.77. The van der Waals surface area contributed by atoms with Gasteiger partial charge in [-0.25, -0.2) is 9.97 Å². The van der Waals surface area contributed by atoms with Gasteiger partial charge in [0.25, 0.3) is 0 Å². The predicted molar refractivity (Wildman–Crippen MR) is 93.0 cm³/mol. The summed E-state index contributed by atoms with van der Waals surface area (Å²) in [5.41, 5.74) is 3.42. The average molecular weight is 381 g/mol. The summed E-state index contributed by atoms with van der Waals surface area (Å²) in [5.74, 6) is 2.29. The van der Waals surface area contributed by atoms with Gasteiger partial charge in [-0.3, -0.25) is 0 Å². The molecule has 106 valence electrons. The van der Waals surface area contributed by atoms with E-state index in [1.54, 1.807) is 0 Å². The molecule has 20 heavy (non-hydrogen) atoms. The lowest BCUT2D eigenvalue weighted by Crippen LogP contribution is -2.07. The molecule has 0 atom stereocenters. The van der Waals surface area contributed by atoms with Gasteiger partial charge < -0.3 is 5.32 Å². The summed E-state index contributed by atoms with van der Waals surface area (Å²) in [6.07, 6.45) is 0.967. The predicted octanol–water partition coefficient (Wildman–Crippen LogP) is 4.30. The van der Waals surface area contributed by atoms with Crippen molar-refractivity contribution in [2.24, 2.45) is 5.92 Å². The van der Waals surface area contributed by atoms with E-state index in [1.165, 1.54) is 5.56 Å². The van der Waals surface area contributed by atoms with Crippen LogP contribution in [0, 0.1) is 16.4 Å². The highest BCUT2D eigenvalue weighted by molar-refractivity contribution is 14.1. The summed E-state index contributed by atoms with van der Waals surface area (Å²) in [7, 11) is 1.91. The van der Waals surface area contributed by atoms with Crippen molar-refractivity contribution in [3.8, 4) is 11.4 Å². The van der Waals surface area contributed by atoms with E-state index in [-0.39, 0.29) is 0 Å². The second-order valence-electron chi connectivity index (χ2n) is 5.37. The highest BCUT2D eigenvalue weighted by Crippen LogP contribution is 2.25. The van der Waals surface area contributed by atoms with Crippen molar-refractivity contribution in [1.29, 1.82) is 0 Å². The van der Waals surface area contributed by atoms with Crippen LogP contribution in [0.5, 0.6) is 0 Å². The number of anilines is 1. The van der Waals surface area contributed by atoms with Crippen LogP contribution in [0.1, 0.15) is 25.1 Å². The van der Waals surface area contributed by atoms with Gasteiger partial charge in [-0.2, -0.15) is 0 Å². The number of hydrogen-bond donors (Lipinski definition) is 1. The minimum Gasteiger partial charge on any atom is -0.372 e. The zero-order valence-corrected chi connectivity index (χ0v) is 14.5. The second kappa shape index (κ2) is 6.52. The molecule has 0 fully saturated rings. The van der Waals surface area contributed by atoms with Gasteiger partial charge in [0.1, 0.15) is 5.82 Å². The molecule has 0 amide bonds. The number of halogens is 1. The van der Waals surface area contributed by atoms with Crippen LogP contribution < -0.4 is 5.32 Å². The molecule has 0 spiro atoms. The summed E-state index contributed by atoms with van der Waals surface area (Å²) in [4.78, 5) is 9.41. The van der Waals surface area contributed by atoms with Gasteiger partial charge >= 0.3 is 0 Å². The van der Waals surface area contributed by atoms with Crippen LogP contribution >= 0.6 is 22.6 Å². The molecular formula is C16H20IN3. The Balaban J connectivity index is 2.53. The van der Waals surface area contributed by atoms with Crippen LogP contribution in [0.4, 0.5) is 5.82 Å². The molecular weight excluding hydrogens is 361 g/mol. The number of nitrogens with one attached hydrogen (secondary N) is 1. The van der Waals surface area contributed by atoms with Crippen LogP contribution in [0.2, 0.25) is 0 Å². The number of hydrogen-bond acceptors (Lipinski definition) is 3. The maximum Gasteiger partial charge on any atom is 0.161 e. The van der Waals surface area contributed by atoms with Crippen LogP contribution in [0.3, 0.4) is 0 Å². The third-order valence-corrected chi connectivity index (χ3v) is 4.17. The van der Waals surface area contributed by atoms with Crippen molar-refractivity contribution < 1.29 is 0 Å². The fourth-order valence-electron chi connectivity index (χ4n) is 2.09. The van der Waals surface area contributed by atoms with E-state index < -0.39 is 0 Å². The molecule has 0 aliphatic rings. The highest BCUT2D eigenvalue weighted by Gasteiger charge is 2.13. The summed E-state index contributed by atoms with van der Waals surface area (Å²) in [6, 6.07) is 8.33. The Morgan fingerprint density at radius 1 is 1.25 bits per heavy atom. The largest absolute Gasteiger partial charge is 0.372 e. The Hall–Kier alpha value is -1.17. The van der Waals surface area contributed by atoms with E-state index in [0.717, 1.165) is 32.9 Å². The maximum absolute atomic E-state index is 4.77. The Morgan fingerprint density at radius 3 is 2.60 bits per heavy atom. The normalized spacial score (nSPS) is 10.9. The first-order chi connectivity index (χ1) is 9.51. The third-order valence-electron chi connectivity index (χ3n) is 3.03. The molecule has 2 rings (SSSR count). The number of benzene rings is 1. The van der Waals surface area contributed by atoms with Crippen molar-refractivity contribution in [2.75, 3.05) is 12.4 Å².